The largest absolute Gasteiger partial charge is 0.382 e. The molecule has 88 valence electrons. The first-order valence-electron chi connectivity index (χ1n) is 5.93. The molecule has 0 radical (unpaired) electrons. The van der Waals surface area contributed by atoms with E-state index in [1.807, 2.05) is 0 Å². The zero-order valence-corrected chi connectivity index (χ0v) is 11.8. The van der Waals surface area contributed by atoms with E-state index in [4.69, 9.17) is 5.73 Å². The van der Waals surface area contributed by atoms with E-state index in [0.29, 0.717) is 12.0 Å². The van der Waals surface area contributed by atoms with Gasteiger partial charge in [-0.1, -0.05) is 6.42 Å². The van der Waals surface area contributed by atoms with Crippen molar-refractivity contribution in [3.05, 3.63) is 27.3 Å². The molecule has 0 aromatic heterocycles. The average Bonchev–Trinajstić information content (AvgIpc) is 2.69. The predicted octanol–water partition coefficient (Wildman–Crippen LogP) is 3.14. The van der Waals surface area contributed by atoms with Crippen molar-refractivity contribution in [2.24, 2.45) is 11.7 Å². The van der Waals surface area contributed by atoms with Gasteiger partial charge in [-0.2, -0.15) is 0 Å². The summed E-state index contributed by atoms with van der Waals surface area (Å²) in [5, 5.41) is 3.65. The molecular weight excluding hydrogens is 311 g/mol. The number of anilines is 1. The Hall–Kier alpha value is -0.290. The van der Waals surface area contributed by atoms with Gasteiger partial charge in [-0.25, -0.2) is 0 Å². The number of aryl methyl sites for hydroxylation is 1. The second kappa shape index (κ2) is 5.36. The second-order valence-corrected chi connectivity index (χ2v) is 5.88. The van der Waals surface area contributed by atoms with Crippen LogP contribution in [0.4, 0.5) is 5.69 Å². The van der Waals surface area contributed by atoms with Crippen LogP contribution in [0.3, 0.4) is 0 Å². The van der Waals surface area contributed by atoms with E-state index >= 15 is 0 Å². The Morgan fingerprint density at radius 3 is 2.94 bits per heavy atom. The van der Waals surface area contributed by atoms with Crippen LogP contribution in [0.1, 0.15) is 24.8 Å². The third-order valence-electron chi connectivity index (χ3n) is 3.49. The Morgan fingerprint density at radius 2 is 2.25 bits per heavy atom. The molecule has 1 aromatic rings. The van der Waals surface area contributed by atoms with Gasteiger partial charge in [0.2, 0.25) is 0 Å². The van der Waals surface area contributed by atoms with Crippen molar-refractivity contribution >= 4 is 28.3 Å². The minimum absolute atomic E-state index is 0.573. The highest BCUT2D eigenvalue weighted by Crippen LogP contribution is 2.29. The Morgan fingerprint density at radius 1 is 1.44 bits per heavy atom. The summed E-state index contributed by atoms with van der Waals surface area (Å²) in [7, 11) is 0. The maximum atomic E-state index is 5.80. The third kappa shape index (κ3) is 2.69. The average molecular weight is 330 g/mol. The summed E-state index contributed by atoms with van der Waals surface area (Å²) in [5.74, 6) is 0.652. The number of hydrogen-bond acceptors (Lipinski definition) is 2. The van der Waals surface area contributed by atoms with E-state index in [-0.39, 0.29) is 0 Å². The molecule has 1 fully saturated rings. The molecule has 0 heterocycles. The van der Waals surface area contributed by atoms with Crippen LogP contribution in [-0.2, 0) is 0 Å². The normalized spacial score (nSPS) is 24.7. The first-order chi connectivity index (χ1) is 7.70. The van der Waals surface area contributed by atoms with E-state index in [1.54, 1.807) is 0 Å². The molecule has 3 heteroatoms. The number of halogens is 1. The summed E-state index contributed by atoms with van der Waals surface area (Å²) in [6, 6.07) is 7.13. The van der Waals surface area contributed by atoms with Gasteiger partial charge >= 0.3 is 0 Å². The number of nitrogens with two attached hydrogens (primary N) is 1. The number of benzene rings is 1. The molecule has 0 saturated heterocycles. The molecule has 1 aromatic carbocycles. The van der Waals surface area contributed by atoms with Crippen molar-refractivity contribution < 1.29 is 0 Å². The highest BCUT2D eigenvalue weighted by Gasteiger charge is 2.25. The lowest BCUT2D eigenvalue weighted by Gasteiger charge is -2.22. The number of rotatable bonds is 3. The third-order valence-corrected chi connectivity index (χ3v) is 4.16. The molecule has 1 saturated carbocycles. The van der Waals surface area contributed by atoms with Crippen LogP contribution in [0, 0.1) is 16.4 Å². The van der Waals surface area contributed by atoms with Gasteiger partial charge < -0.3 is 11.1 Å². The standard InChI is InChI=1S/C13H19IN2/c1-9-7-11(14)5-6-12(9)16-13-4-2-3-10(13)8-15/h5-7,10,13,16H,2-4,8,15H2,1H3. The van der Waals surface area contributed by atoms with Crippen LogP contribution < -0.4 is 11.1 Å². The summed E-state index contributed by atoms with van der Waals surface area (Å²) < 4.78 is 1.29. The fourth-order valence-corrected chi connectivity index (χ4v) is 3.14. The van der Waals surface area contributed by atoms with Gasteiger partial charge in [0, 0.05) is 15.3 Å². The van der Waals surface area contributed by atoms with Crippen molar-refractivity contribution in [2.45, 2.75) is 32.2 Å². The summed E-state index contributed by atoms with van der Waals surface area (Å²) in [6.45, 7) is 2.97. The SMILES string of the molecule is Cc1cc(I)ccc1NC1CCCC1CN. The molecule has 2 atom stereocenters. The summed E-state index contributed by atoms with van der Waals surface area (Å²) in [6.07, 6.45) is 3.84. The molecule has 2 rings (SSSR count). The molecule has 0 spiro atoms. The lowest BCUT2D eigenvalue weighted by atomic mass is 10.0. The van der Waals surface area contributed by atoms with E-state index < -0.39 is 0 Å². The molecular formula is C13H19IN2. The molecule has 0 aliphatic heterocycles. The molecule has 0 bridgehead atoms. The fourth-order valence-electron chi connectivity index (χ4n) is 2.50. The monoisotopic (exact) mass is 330 g/mol. The maximum absolute atomic E-state index is 5.80. The quantitative estimate of drug-likeness (QED) is 0.836. The molecule has 2 unspecified atom stereocenters. The smallest absolute Gasteiger partial charge is 0.0372 e. The lowest BCUT2D eigenvalue weighted by molar-refractivity contribution is 0.516. The van der Waals surface area contributed by atoms with Gasteiger partial charge in [0.1, 0.15) is 0 Å². The van der Waals surface area contributed by atoms with E-state index in [9.17, 15) is 0 Å². The van der Waals surface area contributed by atoms with Gasteiger partial charge in [0.15, 0.2) is 0 Å². The van der Waals surface area contributed by atoms with Crippen molar-refractivity contribution in [3.63, 3.8) is 0 Å². The van der Waals surface area contributed by atoms with Crippen molar-refractivity contribution in [1.82, 2.24) is 0 Å². The van der Waals surface area contributed by atoms with Gasteiger partial charge in [-0.3, -0.25) is 0 Å². The fraction of sp³-hybridized carbons (Fsp3) is 0.538. The first-order valence-corrected chi connectivity index (χ1v) is 7.01. The topological polar surface area (TPSA) is 38.0 Å². The highest BCUT2D eigenvalue weighted by molar-refractivity contribution is 14.1. The van der Waals surface area contributed by atoms with Crippen LogP contribution in [0.25, 0.3) is 0 Å². The first kappa shape index (κ1) is 12.2. The van der Waals surface area contributed by atoms with E-state index in [2.05, 4.69) is 53.0 Å². The second-order valence-electron chi connectivity index (χ2n) is 4.64. The van der Waals surface area contributed by atoms with Gasteiger partial charge in [-0.15, -0.1) is 0 Å². The summed E-state index contributed by atoms with van der Waals surface area (Å²) >= 11 is 2.35. The highest BCUT2D eigenvalue weighted by atomic mass is 127. The Labute approximate surface area is 111 Å². The number of hydrogen-bond donors (Lipinski definition) is 2. The van der Waals surface area contributed by atoms with Crippen LogP contribution >= 0.6 is 22.6 Å². The van der Waals surface area contributed by atoms with Crippen LogP contribution in [0.2, 0.25) is 0 Å². The Balaban J connectivity index is 2.08. The van der Waals surface area contributed by atoms with Crippen molar-refractivity contribution in [3.8, 4) is 0 Å². The molecule has 16 heavy (non-hydrogen) atoms. The molecule has 2 nitrogen and oxygen atoms in total. The minimum Gasteiger partial charge on any atom is -0.382 e. The molecule has 1 aliphatic carbocycles. The van der Waals surface area contributed by atoms with Crippen LogP contribution in [0.15, 0.2) is 18.2 Å². The number of nitrogens with one attached hydrogen (secondary N) is 1. The van der Waals surface area contributed by atoms with Gasteiger partial charge in [-0.05, 0) is 78.6 Å². The predicted molar refractivity (Wildman–Crippen MR) is 77.7 cm³/mol. The summed E-state index contributed by atoms with van der Waals surface area (Å²) in [5.41, 5.74) is 8.40. The minimum atomic E-state index is 0.573. The van der Waals surface area contributed by atoms with Gasteiger partial charge in [0.05, 0.1) is 0 Å². The van der Waals surface area contributed by atoms with Crippen LogP contribution in [0.5, 0.6) is 0 Å². The molecule has 3 N–H and O–H groups in total. The van der Waals surface area contributed by atoms with E-state index in [1.165, 1.54) is 34.1 Å². The Bertz CT molecular complexity index is 365. The van der Waals surface area contributed by atoms with Crippen molar-refractivity contribution in [1.29, 1.82) is 0 Å². The Kier molecular flexibility index (Phi) is 4.08. The maximum Gasteiger partial charge on any atom is 0.0372 e. The summed E-state index contributed by atoms with van der Waals surface area (Å²) in [4.78, 5) is 0. The van der Waals surface area contributed by atoms with E-state index in [0.717, 1.165) is 6.54 Å². The van der Waals surface area contributed by atoms with Gasteiger partial charge in [0.25, 0.3) is 0 Å². The lowest BCUT2D eigenvalue weighted by Crippen LogP contribution is -2.29. The zero-order valence-electron chi connectivity index (χ0n) is 9.67. The van der Waals surface area contributed by atoms with Crippen LogP contribution in [-0.4, -0.2) is 12.6 Å². The van der Waals surface area contributed by atoms with Crippen molar-refractivity contribution in [2.75, 3.05) is 11.9 Å². The zero-order chi connectivity index (χ0) is 11.5. The molecule has 1 aliphatic rings. The molecule has 0 amide bonds.